The second kappa shape index (κ2) is 4.49. The number of nitrogens with two attached hydrogens (primary N) is 1. The highest BCUT2D eigenvalue weighted by Gasteiger charge is 2.34. The Labute approximate surface area is 105 Å². The molecule has 0 aromatic heterocycles. The number of carbonyl (C=O) groups is 1. The van der Waals surface area contributed by atoms with E-state index in [1.807, 2.05) is 0 Å². The number of amides is 1. The van der Waals surface area contributed by atoms with Crippen molar-refractivity contribution in [3.63, 3.8) is 0 Å². The number of benzene rings is 1. The normalized spacial score (nSPS) is 18.9. The van der Waals surface area contributed by atoms with E-state index in [9.17, 15) is 13.2 Å². The fourth-order valence-corrected chi connectivity index (χ4v) is 2.89. The smallest absolute Gasteiger partial charge is 0.260 e. The molecule has 0 aliphatic carbocycles. The maximum Gasteiger partial charge on any atom is 0.260 e. The molecule has 7 heteroatoms. The molecule has 0 radical (unpaired) electrons. The van der Waals surface area contributed by atoms with Crippen molar-refractivity contribution in [2.24, 2.45) is 5.73 Å². The number of para-hydroxylation sites is 2. The lowest BCUT2D eigenvalue weighted by atomic mass is 10.2. The van der Waals surface area contributed by atoms with Crippen molar-refractivity contribution in [3.05, 3.63) is 24.3 Å². The molecule has 2 rings (SSSR count). The van der Waals surface area contributed by atoms with Gasteiger partial charge in [-0.3, -0.25) is 9.10 Å². The predicted molar refractivity (Wildman–Crippen MR) is 66.9 cm³/mol. The van der Waals surface area contributed by atoms with Crippen LogP contribution in [0.1, 0.15) is 6.92 Å². The summed E-state index contributed by atoms with van der Waals surface area (Å²) >= 11 is 0. The van der Waals surface area contributed by atoms with Gasteiger partial charge in [0.25, 0.3) is 5.91 Å². The van der Waals surface area contributed by atoms with Gasteiger partial charge in [0.05, 0.1) is 18.0 Å². The molecule has 0 saturated heterocycles. The summed E-state index contributed by atoms with van der Waals surface area (Å²) < 4.78 is 30.6. The van der Waals surface area contributed by atoms with Crippen molar-refractivity contribution in [1.29, 1.82) is 0 Å². The van der Waals surface area contributed by atoms with E-state index < -0.39 is 22.0 Å². The van der Waals surface area contributed by atoms with Crippen LogP contribution in [0.4, 0.5) is 5.69 Å². The molecule has 1 heterocycles. The van der Waals surface area contributed by atoms with Crippen molar-refractivity contribution in [1.82, 2.24) is 0 Å². The van der Waals surface area contributed by atoms with Gasteiger partial charge in [-0.05, 0) is 19.1 Å². The Bertz CT molecular complexity index is 570. The monoisotopic (exact) mass is 270 g/mol. The zero-order chi connectivity index (χ0) is 13.3. The minimum Gasteiger partial charge on any atom is -0.476 e. The van der Waals surface area contributed by atoms with Crippen molar-refractivity contribution in [2.45, 2.75) is 13.0 Å². The summed E-state index contributed by atoms with van der Waals surface area (Å²) in [6, 6.07) is 6.67. The van der Waals surface area contributed by atoms with Crippen LogP contribution < -0.4 is 14.8 Å². The number of primary amides is 1. The first-order valence-electron chi connectivity index (χ1n) is 5.51. The van der Waals surface area contributed by atoms with E-state index in [1.54, 1.807) is 31.2 Å². The minimum absolute atomic E-state index is 0.0488. The van der Waals surface area contributed by atoms with Crippen LogP contribution in [0.3, 0.4) is 0 Å². The molecule has 0 fully saturated rings. The fourth-order valence-electron chi connectivity index (χ4n) is 1.77. The molecular weight excluding hydrogens is 256 g/mol. The van der Waals surface area contributed by atoms with Crippen LogP contribution in [-0.2, 0) is 14.8 Å². The number of sulfonamides is 1. The first-order chi connectivity index (χ1) is 8.45. The minimum atomic E-state index is -3.46. The zero-order valence-corrected chi connectivity index (χ0v) is 10.7. The highest BCUT2D eigenvalue weighted by Crippen LogP contribution is 2.34. The molecule has 1 amide bonds. The molecule has 98 valence electrons. The number of hydrogen-bond acceptors (Lipinski definition) is 4. The summed E-state index contributed by atoms with van der Waals surface area (Å²) in [5.41, 5.74) is 5.63. The number of nitrogens with zero attached hydrogens (tertiary/aromatic N) is 1. The molecule has 0 unspecified atom stereocenters. The molecule has 1 atom stereocenters. The van der Waals surface area contributed by atoms with Gasteiger partial charge in [0.1, 0.15) is 5.75 Å². The summed E-state index contributed by atoms with van der Waals surface area (Å²) in [5, 5.41) is 0. The second-order valence-electron chi connectivity index (χ2n) is 3.91. The van der Waals surface area contributed by atoms with Crippen molar-refractivity contribution < 1.29 is 17.9 Å². The quantitative estimate of drug-likeness (QED) is 0.842. The average molecular weight is 270 g/mol. The highest BCUT2D eigenvalue weighted by atomic mass is 32.2. The lowest BCUT2D eigenvalue weighted by Gasteiger charge is -2.33. The lowest BCUT2D eigenvalue weighted by Crippen LogP contribution is -2.49. The SMILES string of the molecule is CCS(=O)(=O)N1C[C@H](C(N)=O)Oc2ccccc21. The molecule has 0 bridgehead atoms. The van der Waals surface area contributed by atoms with E-state index in [2.05, 4.69) is 0 Å². The zero-order valence-electron chi connectivity index (χ0n) is 9.87. The number of anilines is 1. The van der Waals surface area contributed by atoms with Gasteiger partial charge in [0.15, 0.2) is 6.10 Å². The van der Waals surface area contributed by atoms with Crippen LogP contribution in [-0.4, -0.2) is 32.7 Å². The lowest BCUT2D eigenvalue weighted by molar-refractivity contribution is -0.124. The molecule has 0 spiro atoms. The maximum atomic E-state index is 12.0. The Morgan fingerprint density at radius 2 is 2.17 bits per heavy atom. The van der Waals surface area contributed by atoms with Gasteiger partial charge >= 0.3 is 0 Å². The molecule has 1 aliphatic rings. The molecule has 18 heavy (non-hydrogen) atoms. The summed E-state index contributed by atoms with van der Waals surface area (Å²) in [7, 11) is -3.46. The Hall–Kier alpha value is -1.76. The molecule has 1 aromatic rings. The Morgan fingerprint density at radius 1 is 1.50 bits per heavy atom. The second-order valence-corrected chi connectivity index (χ2v) is 6.09. The van der Waals surface area contributed by atoms with Gasteiger partial charge in [0.2, 0.25) is 10.0 Å². The van der Waals surface area contributed by atoms with E-state index in [0.29, 0.717) is 11.4 Å². The Balaban J connectivity index is 2.50. The van der Waals surface area contributed by atoms with Crippen LogP contribution in [0, 0.1) is 0 Å². The number of carbonyl (C=O) groups excluding carboxylic acids is 1. The van der Waals surface area contributed by atoms with Gasteiger partial charge in [-0.2, -0.15) is 0 Å². The molecule has 1 aliphatic heterocycles. The number of hydrogen-bond donors (Lipinski definition) is 1. The van der Waals surface area contributed by atoms with Crippen molar-refractivity contribution >= 4 is 21.6 Å². The Morgan fingerprint density at radius 3 is 2.78 bits per heavy atom. The van der Waals surface area contributed by atoms with Gasteiger partial charge < -0.3 is 10.5 Å². The third-order valence-electron chi connectivity index (χ3n) is 2.75. The van der Waals surface area contributed by atoms with Gasteiger partial charge in [0, 0.05) is 0 Å². The van der Waals surface area contributed by atoms with E-state index in [-0.39, 0.29) is 12.3 Å². The fraction of sp³-hybridized carbons (Fsp3) is 0.364. The van der Waals surface area contributed by atoms with Crippen LogP contribution in [0.25, 0.3) is 0 Å². The van der Waals surface area contributed by atoms with E-state index in [4.69, 9.17) is 10.5 Å². The maximum absolute atomic E-state index is 12.0. The molecule has 6 nitrogen and oxygen atoms in total. The third kappa shape index (κ3) is 2.13. The number of ether oxygens (including phenoxy) is 1. The summed E-state index contributed by atoms with van der Waals surface area (Å²) in [6.07, 6.45) is -0.957. The summed E-state index contributed by atoms with van der Waals surface area (Å²) in [5.74, 6) is -0.377. The predicted octanol–water partition coefficient (Wildman–Crippen LogP) is 0.0890. The first-order valence-corrected chi connectivity index (χ1v) is 7.12. The number of fused-ring (bicyclic) bond motifs is 1. The van der Waals surface area contributed by atoms with Crippen LogP contribution >= 0.6 is 0 Å². The largest absolute Gasteiger partial charge is 0.476 e. The molecule has 2 N–H and O–H groups in total. The summed E-state index contributed by atoms with van der Waals surface area (Å²) in [4.78, 5) is 11.2. The first kappa shape index (κ1) is 12.7. The number of rotatable bonds is 3. The van der Waals surface area contributed by atoms with E-state index in [1.165, 1.54) is 4.31 Å². The van der Waals surface area contributed by atoms with E-state index in [0.717, 1.165) is 0 Å². The van der Waals surface area contributed by atoms with Crippen molar-refractivity contribution in [2.75, 3.05) is 16.6 Å². The third-order valence-corrected chi connectivity index (χ3v) is 4.50. The van der Waals surface area contributed by atoms with Gasteiger partial charge in [-0.15, -0.1) is 0 Å². The van der Waals surface area contributed by atoms with E-state index >= 15 is 0 Å². The van der Waals surface area contributed by atoms with Gasteiger partial charge in [-0.25, -0.2) is 8.42 Å². The van der Waals surface area contributed by atoms with Crippen molar-refractivity contribution in [3.8, 4) is 5.75 Å². The standard InChI is InChI=1S/C11H14N2O4S/c1-2-18(15,16)13-7-10(11(12)14)17-9-6-4-3-5-8(9)13/h3-6,10H,2,7H2,1H3,(H2,12,14)/t10-/m1/s1. The highest BCUT2D eigenvalue weighted by molar-refractivity contribution is 7.92. The molecular formula is C11H14N2O4S. The summed E-state index contributed by atoms with van der Waals surface area (Å²) in [6.45, 7) is 1.47. The molecule has 1 aromatic carbocycles. The van der Waals surface area contributed by atoms with Crippen LogP contribution in [0.5, 0.6) is 5.75 Å². The topological polar surface area (TPSA) is 89.7 Å². The average Bonchev–Trinajstić information content (AvgIpc) is 2.37. The van der Waals surface area contributed by atoms with Gasteiger partial charge in [-0.1, -0.05) is 12.1 Å². The van der Waals surface area contributed by atoms with Crippen LogP contribution in [0.2, 0.25) is 0 Å². The van der Waals surface area contributed by atoms with Crippen LogP contribution in [0.15, 0.2) is 24.3 Å². The Kier molecular flexibility index (Phi) is 3.16. The molecule has 0 saturated carbocycles.